The number of anilines is 1. The molecule has 1 aliphatic rings. The summed E-state index contributed by atoms with van der Waals surface area (Å²) < 4.78 is 32.6. The van der Waals surface area contributed by atoms with E-state index >= 15 is 0 Å². The molecule has 2 N–H and O–H groups in total. The van der Waals surface area contributed by atoms with Crippen LogP contribution in [0.25, 0.3) is 11.1 Å². The Morgan fingerprint density at radius 2 is 1.87 bits per heavy atom. The third-order valence-corrected chi connectivity index (χ3v) is 7.44. The predicted molar refractivity (Wildman–Crippen MR) is 145 cm³/mol. The van der Waals surface area contributed by atoms with Gasteiger partial charge in [-0.15, -0.1) is 11.3 Å². The Morgan fingerprint density at radius 3 is 2.59 bits per heavy atom. The van der Waals surface area contributed by atoms with E-state index in [-0.39, 0.29) is 36.4 Å². The van der Waals surface area contributed by atoms with E-state index in [0.717, 1.165) is 11.9 Å². The fourth-order valence-corrected chi connectivity index (χ4v) is 5.34. The maximum Gasteiger partial charge on any atom is 0.325 e. The third-order valence-electron chi connectivity index (χ3n) is 6.43. The first-order chi connectivity index (χ1) is 18.7. The summed E-state index contributed by atoms with van der Waals surface area (Å²) in [5.41, 5.74) is 1.86. The number of ether oxygens (including phenoxy) is 1. The Bertz CT molecular complexity index is 1330. The van der Waals surface area contributed by atoms with Crippen molar-refractivity contribution in [3.05, 3.63) is 70.2 Å². The monoisotopic (exact) mass is 556 g/mol. The summed E-state index contributed by atoms with van der Waals surface area (Å²) in [5.74, 6) is -3.74. The maximum absolute atomic E-state index is 13.9. The molecule has 4 rings (SSSR count). The smallest absolute Gasteiger partial charge is 0.325 e. The van der Waals surface area contributed by atoms with Crippen molar-refractivity contribution in [1.29, 1.82) is 0 Å². The van der Waals surface area contributed by atoms with Gasteiger partial charge in [-0.1, -0.05) is 36.4 Å². The summed E-state index contributed by atoms with van der Waals surface area (Å²) in [5, 5.41) is 7.96. The number of carbonyl (C=O) groups excluding carboxylic acids is 3. The van der Waals surface area contributed by atoms with Crippen LogP contribution in [0.4, 0.5) is 19.3 Å². The summed E-state index contributed by atoms with van der Waals surface area (Å²) in [6.07, 6.45) is 1.37. The highest BCUT2D eigenvalue weighted by Gasteiger charge is 2.27. The van der Waals surface area contributed by atoms with Gasteiger partial charge in [0.1, 0.15) is 12.2 Å². The van der Waals surface area contributed by atoms with Crippen LogP contribution in [0.2, 0.25) is 0 Å². The Labute approximate surface area is 229 Å². The van der Waals surface area contributed by atoms with E-state index < -0.39 is 17.8 Å². The summed E-state index contributed by atoms with van der Waals surface area (Å²) >= 11 is 1.39. The molecule has 3 aromatic rings. The van der Waals surface area contributed by atoms with Gasteiger partial charge < -0.3 is 20.3 Å². The number of rotatable bonds is 8. The largest absolute Gasteiger partial charge is 0.465 e. The molecule has 0 unspecified atom stereocenters. The van der Waals surface area contributed by atoms with Crippen LogP contribution in [0.3, 0.4) is 0 Å². The quantitative estimate of drug-likeness (QED) is 0.351. The normalized spacial score (nSPS) is 14.1. The number of likely N-dealkylation sites (tertiary alicyclic amines) is 1. The molecule has 2 aromatic carbocycles. The van der Waals surface area contributed by atoms with E-state index in [1.807, 2.05) is 0 Å². The Balaban J connectivity index is 1.37. The van der Waals surface area contributed by atoms with Crippen LogP contribution < -0.4 is 10.6 Å². The second-order valence-corrected chi connectivity index (χ2v) is 10.2. The minimum atomic E-state index is -2.98. The number of aromatic nitrogens is 1. The van der Waals surface area contributed by atoms with Crippen molar-refractivity contribution in [2.45, 2.75) is 38.5 Å². The number of piperidine rings is 1. The Morgan fingerprint density at radius 1 is 1.13 bits per heavy atom. The summed E-state index contributed by atoms with van der Waals surface area (Å²) in [6, 6.07) is 12.8. The molecule has 3 amide bonds. The number of hydrogen-bond acceptors (Lipinski definition) is 6. The molecule has 0 spiro atoms. The van der Waals surface area contributed by atoms with Crippen molar-refractivity contribution >= 4 is 34.9 Å². The number of esters is 1. The average Bonchev–Trinajstić information content (AvgIpc) is 3.43. The number of hydrogen-bond donors (Lipinski definition) is 2. The van der Waals surface area contributed by atoms with Crippen molar-refractivity contribution in [2.24, 2.45) is 0 Å². The number of nitrogens with one attached hydrogen (secondary N) is 2. The van der Waals surface area contributed by atoms with Crippen LogP contribution in [0.15, 0.2) is 53.9 Å². The van der Waals surface area contributed by atoms with Gasteiger partial charge in [-0.3, -0.25) is 9.59 Å². The second kappa shape index (κ2) is 12.3. The zero-order valence-corrected chi connectivity index (χ0v) is 22.5. The first kappa shape index (κ1) is 28.2. The first-order valence-electron chi connectivity index (χ1n) is 12.7. The number of thiazole rings is 1. The molecular formula is C28H30F2N4O4S. The third kappa shape index (κ3) is 7.17. The number of nitrogens with zero attached hydrogens (tertiary/aromatic N) is 2. The van der Waals surface area contributed by atoms with E-state index in [2.05, 4.69) is 15.6 Å². The van der Waals surface area contributed by atoms with Crippen LogP contribution in [-0.4, -0.2) is 54.0 Å². The zero-order valence-electron chi connectivity index (χ0n) is 21.7. The van der Waals surface area contributed by atoms with Gasteiger partial charge in [-0.2, -0.15) is 0 Å². The lowest BCUT2D eigenvalue weighted by Gasteiger charge is -2.31. The number of alkyl halides is 2. The summed E-state index contributed by atoms with van der Waals surface area (Å²) in [6.45, 7) is 3.65. The molecule has 1 aromatic heterocycles. The fraction of sp³-hybridized carbons (Fsp3) is 0.357. The second-order valence-electron chi connectivity index (χ2n) is 9.26. The number of carbonyl (C=O) groups is 3. The zero-order chi connectivity index (χ0) is 28.0. The highest BCUT2D eigenvalue weighted by atomic mass is 32.1. The van der Waals surface area contributed by atoms with Crippen LogP contribution in [0, 0.1) is 0 Å². The number of amides is 3. The molecule has 0 atom stereocenters. The highest BCUT2D eigenvalue weighted by molar-refractivity contribution is 7.10. The Kier molecular flexibility index (Phi) is 8.90. The van der Waals surface area contributed by atoms with Crippen molar-refractivity contribution in [1.82, 2.24) is 15.2 Å². The van der Waals surface area contributed by atoms with Gasteiger partial charge in [0, 0.05) is 48.1 Å². The number of benzene rings is 2. The Hall–Kier alpha value is -3.86. The topological polar surface area (TPSA) is 101 Å². The van der Waals surface area contributed by atoms with E-state index in [0.29, 0.717) is 42.7 Å². The lowest BCUT2D eigenvalue weighted by molar-refractivity contribution is -0.141. The molecular weight excluding hydrogens is 526 g/mol. The molecule has 0 saturated carbocycles. The first-order valence-corrected chi connectivity index (χ1v) is 13.6. The number of urea groups is 1. The molecule has 206 valence electrons. The summed E-state index contributed by atoms with van der Waals surface area (Å²) in [7, 11) is 0. The number of halogens is 2. The van der Waals surface area contributed by atoms with E-state index in [9.17, 15) is 23.2 Å². The van der Waals surface area contributed by atoms with Crippen LogP contribution in [-0.2, 0) is 15.5 Å². The number of para-hydroxylation sites is 1. The molecule has 2 heterocycles. The van der Waals surface area contributed by atoms with E-state index in [1.54, 1.807) is 53.6 Å². The van der Waals surface area contributed by atoms with Crippen molar-refractivity contribution in [2.75, 3.05) is 31.6 Å². The van der Waals surface area contributed by atoms with Gasteiger partial charge in [0.25, 0.3) is 11.8 Å². The minimum absolute atomic E-state index is 0.104. The minimum Gasteiger partial charge on any atom is -0.465 e. The van der Waals surface area contributed by atoms with Gasteiger partial charge in [0.2, 0.25) is 0 Å². The molecule has 39 heavy (non-hydrogen) atoms. The molecule has 11 heteroatoms. The molecule has 0 aliphatic carbocycles. The summed E-state index contributed by atoms with van der Waals surface area (Å²) in [4.78, 5) is 43.0. The lowest BCUT2D eigenvalue weighted by Crippen LogP contribution is -2.45. The van der Waals surface area contributed by atoms with Crippen molar-refractivity contribution < 1.29 is 27.9 Å². The van der Waals surface area contributed by atoms with Crippen LogP contribution in [0.5, 0.6) is 0 Å². The van der Waals surface area contributed by atoms with Gasteiger partial charge in [-0.25, -0.2) is 18.6 Å². The maximum atomic E-state index is 13.9. The lowest BCUT2D eigenvalue weighted by atomic mass is 9.98. The fourth-order valence-electron chi connectivity index (χ4n) is 4.37. The van der Waals surface area contributed by atoms with Crippen molar-refractivity contribution in [3.63, 3.8) is 0 Å². The van der Waals surface area contributed by atoms with Crippen LogP contribution in [0.1, 0.15) is 53.7 Å². The average molecular weight is 557 g/mol. The molecule has 1 aliphatic heterocycles. The van der Waals surface area contributed by atoms with E-state index in [1.165, 1.54) is 23.5 Å². The SMILES string of the molecule is CCOC(=O)CNC(=O)N1CCC(c2nc(C(=O)Nc3ccccc3-c3cccc(C(C)(F)F)c3)cs2)CC1. The molecule has 1 saturated heterocycles. The standard InChI is InChI=1S/C28H30F2N4O4S/c1-3-38-24(35)16-31-27(37)34-13-11-18(12-14-34)26-33-23(17-39-26)25(36)32-22-10-5-4-9-21(22)19-7-6-8-20(15-19)28(2,29)30/h4-10,15,17-18H,3,11-14,16H2,1-2H3,(H,31,37)(H,32,36). The predicted octanol–water partition coefficient (Wildman–Crippen LogP) is 5.63. The van der Waals surface area contributed by atoms with Gasteiger partial charge >= 0.3 is 12.0 Å². The van der Waals surface area contributed by atoms with E-state index in [4.69, 9.17) is 4.74 Å². The van der Waals surface area contributed by atoms with Gasteiger partial charge in [0.05, 0.1) is 11.6 Å². The van der Waals surface area contributed by atoms with Crippen LogP contribution >= 0.6 is 11.3 Å². The van der Waals surface area contributed by atoms with Gasteiger partial charge in [-0.05, 0) is 37.5 Å². The highest BCUT2D eigenvalue weighted by Crippen LogP contribution is 2.34. The molecule has 0 radical (unpaired) electrons. The molecule has 8 nitrogen and oxygen atoms in total. The van der Waals surface area contributed by atoms with Crippen molar-refractivity contribution in [3.8, 4) is 11.1 Å². The molecule has 0 bridgehead atoms. The molecule has 1 fully saturated rings. The van der Waals surface area contributed by atoms with Gasteiger partial charge in [0.15, 0.2) is 0 Å².